The van der Waals surface area contributed by atoms with E-state index in [9.17, 15) is 0 Å². The first-order valence-corrected chi connectivity index (χ1v) is 8.10. The third-order valence-electron chi connectivity index (χ3n) is 3.51. The van der Waals surface area contributed by atoms with Gasteiger partial charge in [-0.2, -0.15) is 0 Å². The van der Waals surface area contributed by atoms with Gasteiger partial charge in [-0.1, -0.05) is 27.7 Å². The van der Waals surface area contributed by atoms with Crippen LogP contribution in [0.4, 0.5) is 0 Å². The highest BCUT2D eigenvalue weighted by Crippen LogP contribution is 2.44. The van der Waals surface area contributed by atoms with Gasteiger partial charge in [-0.3, -0.25) is 0 Å². The number of methoxy groups -OCH3 is 1. The van der Waals surface area contributed by atoms with Gasteiger partial charge in [0.2, 0.25) is 0 Å². The van der Waals surface area contributed by atoms with Gasteiger partial charge in [0.25, 0.3) is 0 Å². The van der Waals surface area contributed by atoms with Crippen LogP contribution in [-0.4, -0.2) is 18.1 Å². The summed E-state index contributed by atoms with van der Waals surface area (Å²) < 4.78 is 5.66. The molecule has 0 aromatic carbocycles. The van der Waals surface area contributed by atoms with Gasteiger partial charge in [0, 0.05) is 24.6 Å². The minimum absolute atomic E-state index is 0.218. The van der Waals surface area contributed by atoms with Gasteiger partial charge in [-0.05, 0) is 24.7 Å². The second kappa shape index (κ2) is 6.33. The third-order valence-corrected chi connectivity index (χ3v) is 4.64. The van der Waals surface area contributed by atoms with Crippen LogP contribution in [0.25, 0.3) is 0 Å². The molecule has 0 spiro atoms. The van der Waals surface area contributed by atoms with Crippen LogP contribution in [0, 0.1) is 5.92 Å². The number of hydrogen-bond acceptors (Lipinski definition) is 4. The Hall–Kier alpha value is -0.450. The van der Waals surface area contributed by atoms with E-state index in [1.54, 1.807) is 0 Å². The molecule has 1 fully saturated rings. The summed E-state index contributed by atoms with van der Waals surface area (Å²) in [4.78, 5) is 6.25. The zero-order valence-electron chi connectivity index (χ0n) is 12.7. The van der Waals surface area contributed by atoms with Crippen molar-refractivity contribution >= 4 is 11.3 Å². The third kappa shape index (κ3) is 3.77. The van der Waals surface area contributed by atoms with E-state index in [0.717, 1.165) is 6.54 Å². The Labute approximate surface area is 120 Å². The lowest BCUT2D eigenvalue weighted by Gasteiger charge is -2.10. The van der Waals surface area contributed by atoms with E-state index in [1.807, 2.05) is 18.4 Å². The first kappa shape index (κ1) is 14.9. The molecule has 1 N–H and O–H groups in total. The predicted octanol–water partition coefficient (Wildman–Crippen LogP) is 3.86. The molecule has 3 nitrogen and oxygen atoms in total. The smallest absolute Gasteiger partial charge is 0.122 e. The lowest BCUT2D eigenvalue weighted by atomic mass is 10.1. The number of ether oxygens (including phenoxy) is 1. The number of rotatable bonds is 7. The largest absolute Gasteiger partial charge is 0.374 e. The highest BCUT2D eigenvalue weighted by molar-refractivity contribution is 7.11. The van der Waals surface area contributed by atoms with Crippen LogP contribution in [0.1, 0.15) is 68.1 Å². The molecular formula is C15H26N2OS. The van der Waals surface area contributed by atoms with Gasteiger partial charge in [-0.15, -0.1) is 11.3 Å². The zero-order valence-corrected chi connectivity index (χ0v) is 13.5. The molecule has 0 amide bonds. The maximum atomic E-state index is 5.66. The first-order valence-electron chi connectivity index (χ1n) is 7.28. The molecule has 1 unspecified atom stereocenters. The minimum Gasteiger partial charge on any atom is -0.374 e. The van der Waals surface area contributed by atoms with Gasteiger partial charge in [0.15, 0.2) is 0 Å². The van der Waals surface area contributed by atoms with E-state index in [-0.39, 0.29) is 6.10 Å². The van der Waals surface area contributed by atoms with Crippen molar-refractivity contribution in [1.29, 1.82) is 0 Å². The van der Waals surface area contributed by atoms with Gasteiger partial charge in [-0.25, -0.2) is 4.98 Å². The summed E-state index contributed by atoms with van der Waals surface area (Å²) in [5, 5.41) is 4.68. The van der Waals surface area contributed by atoms with E-state index in [0.29, 0.717) is 17.9 Å². The fourth-order valence-electron chi connectivity index (χ4n) is 2.27. The summed E-state index contributed by atoms with van der Waals surface area (Å²) in [6, 6.07) is 0.507. The van der Waals surface area contributed by atoms with Crippen LogP contribution < -0.4 is 5.32 Å². The zero-order chi connectivity index (χ0) is 14.0. The summed E-state index contributed by atoms with van der Waals surface area (Å²) >= 11 is 1.83. The summed E-state index contributed by atoms with van der Waals surface area (Å²) in [7, 11) is 1.81. The van der Waals surface area contributed by atoms with Gasteiger partial charge < -0.3 is 10.1 Å². The van der Waals surface area contributed by atoms with E-state index in [4.69, 9.17) is 9.72 Å². The summed E-state index contributed by atoms with van der Waals surface area (Å²) in [5.74, 6) is 1.17. The Kier molecular flexibility index (Phi) is 4.98. The maximum Gasteiger partial charge on any atom is 0.122 e. The molecule has 1 aromatic heterocycles. The van der Waals surface area contributed by atoms with Crippen LogP contribution in [0.15, 0.2) is 0 Å². The van der Waals surface area contributed by atoms with Crippen LogP contribution in [0.3, 0.4) is 0 Å². The second-order valence-electron chi connectivity index (χ2n) is 6.04. The normalized spacial score (nSPS) is 17.4. The molecule has 108 valence electrons. The number of hydrogen-bond donors (Lipinski definition) is 1. The first-order chi connectivity index (χ1) is 9.02. The standard InChI is InChI=1S/C15H26N2OS/c1-9(2)13-12(8-16-10(3)4)19-15(17-13)14(18-5)11-6-7-11/h9-11,14,16H,6-8H2,1-5H3. The molecule has 0 aliphatic heterocycles. The van der Waals surface area contributed by atoms with E-state index in [2.05, 4.69) is 33.0 Å². The van der Waals surface area contributed by atoms with Crippen molar-refractivity contribution in [3.05, 3.63) is 15.6 Å². The van der Waals surface area contributed by atoms with Crippen LogP contribution in [0.2, 0.25) is 0 Å². The van der Waals surface area contributed by atoms with Gasteiger partial charge in [0.1, 0.15) is 11.1 Å². The summed E-state index contributed by atoms with van der Waals surface area (Å²) in [6.45, 7) is 9.72. The van der Waals surface area contributed by atoms with Crippen molar-refractivity contribution in [3.8, 4) is 0 Å². The number of thiazole rings is 1. The van der Waals surface area contributed by atoms with Crippen molar-refractivity contribution in [2.75, 3.05) is 7.11 Å². The minimum atomic E-state index is 0.218. The van der Waals surface area contributed by atoms with E-state index >= 15 is 0 Å². The molecule has 1 aliphatic rings. The number of nitrogens with one attached hydrogen (secondary N) is 1. The number of aromatic nitrogens is 1. The van der Waals surface area contributed by atoms with E-state index < -0.39 is 0 Å². The molecule has 0 bridgehead atoms. The highest BCUT2D eigenvalue weighted by Gasteiger charge is 2.35. The Morgan fingerprint density at radius 2 is 2.00 bits per heavy atom. The average Bonchev–Trinajstić information content (AvgIpc) is 3.07. The lowest BCUT2D eigenvalue weighted by molar-refractivity contribution is 0.0842. The van der Waals surface area contributed by atoms with Crippen molar-refractivity contribution in [1.82, 2.24) is 10.3 Å². The molecule has 0 saturated heterocycles. The fourth-order valence-corrected chi connectivity index (χ4v) is 3.62. The summed E-state index contributed by atoms with van der Waals surface area (Å²) in [6.07, 6.45) is 2.79. The average molecular weight is 282 g/mol. The molecule has 19 heavy (non-hydrogen) atoms. The predicted molar refractivity (Wildman–Crippen MR) is 80.7 cm³/mol. The van der Waals surface area contributed by atoms with Gasteiger partial charge in [0.05, 0.1) is 5.69 Å². The Balaban J connectivity index is 2.18. The van der Waals surface area contributed by atoms with Crippen molar-refractivity contribution in [3.63, 3.8) is 0 Å². The van der Waals surface area contributed by atoms with Crippen molar-refractivity contribution in [2.45, 2.75) is 65.1 Å². The summed E-state index contributed by atoms with van der Waals surface area (Å²) in [5.41, 5.74) is 1.25. The molecule has 1 aromatic rings. The quantitative estimate of drug-likeness (QED) is 0.824. The molecule has 1 saturated carbocycles. The van der Waals surface area contributed by atoms with Crippen LogP contribution >= 0.6 is 11.3 Å². The Bertz CT molecular complexity index is 410. The topological polar surface area (TPSA) is 34.1 Å². The second-order valence-corrected chi connectivity index (χ2v) is 7.16. The Morgan fingerprint density at radius 3 is 2.47 bits per heavy atom. The monoisotopic (exact) mass is 282 g/mol. The van der Waals surface area contributed by atoms with E-state index in [1.165, 1.54) is 28.4 Å². The Morgan fingerprint density at radius 1 is 1.32 bits per heavy atom. The SMILES string of the molecule is COC(c1nc(C(C)C)c(CNC(C)C)s1)C1CC1. The molecular weight excluding hydrogens is 256 g/mol. The lowest BCUT2D eigenvalue weighted by Crippen LogP contribution is -2.22. The molecule has 1 atom stereocenters. The van der Waals surface area contributed by atoms with Crippen molar-refractivity contribution < 1.29 is 4.74 Å². The van der Waals surface area contributed by atoms with Gasteiger partial charge >= 0.3 is 0 Å². The molecule has 4 heteroatoms. The highest BCUT2D eigenvalue weighted by atomic mass is 32.1. The molecule has 0 radical (unpaired) electrons. The maximum absolute atomic E-state index is 5.66. The molecule has 1 heterocycles. The molecule has 2 rings (SSSR count). The molecule has 1 aliphatic carbocycles. The van der Waals surface area contributed by atoms with Crippen LogP contribution in [0.5, 0.6) is 0 Å². The number of nitrogens with zero attached hydrogens (tertiary/aromatic N) is 1. The van der Waals surface area contributed by atoms with Crippen molar-refractivity contribution in [2.24, 2.45) is 5.92 Å². The van der Waals surface area contributed by atoms with Crippen LogP contribution in [-0.2, 0) is 11.3 Å². The fraction of sp³-hybridized carbons (Fsp3) is 0.800.